The summed E-state index contributed by atoms with van der Waals surface area (Å²) in [4.78, 5) is 32.3. The number of aryl methyl sites for hydroxylation is 1. The first-order valence-corrected chi connectivity index (χ1v) is 9.09. The van der Waals surface area contributed by atoms with Gasteiger partial charge in [-0.2, -0.15) is 0 Å². The van der Waals surface area contributed by atoms with Crippen molar-refractivity contribution in [3.63, 3.8) is 0 Å². The molecule has 1 aliphatic rings. The van der Waals surface area contributed by atoms with Gasteiger partial charge in [-0.15, -0.1) is 0 Å². The zero-order chi connectivity index (χ0) is 20.6. The summed E-state index contributed by atoms with van der Waals surface area (Å²) in [6.07, 6.45) is 2.30. The summed E-state index contributed by atoms with van der Waals surface area (Å²) in [5.41, 5.74) is 6.91. The Balaban J connectivity index is 1.80. The fourth-order valence-corrected chi connectivity index (χ4v) is 3.38. The first-order chi connectivity index (χ1) is 13.9. The number of rotatable bonds is 3. The van der Waals surface area contributed by atoms with Crippen molar-refractivity contribution < 1.29 is 14.7 Å². The van der Waals surface area contributed by atoms with E-state index in [1.54, 1.807) is 4.57 Å². The van der Waals surface area contributed by atoms with Gasteiger partial charge >= 0.3 is 0 Å². The highest BCUT2D eigenvalue weighted by Crippen LogP contribution is 2.28. The van der Waals surface area contributed by atoms with Crippen molar-refractivity contribution in [1.82, 2.24) is 19.9 Å². The van der Waals surface area contributed by atoms with E-state index in [0.29, 0.717) is 29.9 Å². The van der Waals surface area contributed by atoms with Crippen LogP contribution < -0.4 is 11.1 Å². The fourth-order valence-electron chi connectivity index (χ4n) is 3.38. The molecule has 2 aromatic heterocycles. The Bertz CT molecular complexity index is 1200. The maximum absolute atomic E-state index is 12.1. The van der Waals surface area contributed by atoms with Crippen molar-refractivity contribution >= 4 is 22.8 Å². The molecule has 1 saturated heterocycles. The number of nitrogens with zero attached hydrogens (tertiary/aromatic N) is 3. The first kappa shape index (κ1) is 18.7. The van der Waals surface area contributed by atoms with Crippen LogP contribution in [0.2, 0.25) is 0 Å². The van der Waals surface area contributed by atoms with Crippen molar-refractivity contribution in [3.8, 4) is 23.1 Å². The van der Waals surface area contributed by atoms with Crippen molar-refractivity contribution in [2.75, 3.05) is 13.2 Å². The molecule has 4 rings (SSSR count). The number of fused-ring (bicyclic) bond motifs is 1. The molecular weight excluding hydrogens is 370 g/mol. The molecule has 3 heterocycles. The van der Waals surface area contributed by atoms with Crippen molar-refractivity contribution in [2.45, 2.75) is 6.42 Å². The minimum Gasteiger partial charge on any atom is -0.394 e. The number of aliphatic hydroxyl groups is 1. The predicted molar refractivity (Wildman–Crippen MR) is 106 cm³/mol. The number of hydrogen-bond donors (Lipinski definition) is 3. The van der Waals surface area contributed by atoms with E-state index in [4.69, 9.17) is 5.73 Å². The maximum atomic E-state index is 12.1. The molecule has 1 fully saturated rings. The Morgan fingerprint density at radius 1 is 1.38 bits per heavy atom. The van der Waals surface area contributed by atoms with Crippen LogP contribution in [0.3, 0.4) is 0 Å². The molecule has 8 nitrogen and oxygen atoms in total. The normalized spacial score (nSPS) is 18.3. The predicted octanol–water partition coefficient (Wildman–Crippen LogP) is 0.584. The zero-order valence-electron chi connectivity index (χ0n) is 15.8. The van der Waals surface area contributed by atoms with Crippen LogP contribution in [0.4, 0.5) is 0 Å². The lowest BCUT2D eigenvalue weighted by atomic mass is 9.88. The number of nitrogens with two attached hydrogens (primary N) is 1. The van der Waals surface area contributed by atoms with E-state index >= 15 is 0 Å². The van der Waals surface area contributed by atoms with Gasteiger partial charge < -0.3 is 20.7 Å². The lowest BCUT2D eigenvalue weighted by Crippen LogP contribution is -2.33. The van der Waals surface area contributed by atoms with Crippen LogP contribution in [0, 0.1) is 17.3 Å². The molecule has 0 spiro atoms. The van der Waals surface area contributed by atoms with Gasteiger partial charge in [-0.05, 0) is 24.6 Å². The van der Waals surface area contributed by atoms with Crippen LogP contribution >= 0.6 is 0 Å². The number of benzene rings is 1. The third-order valence-electron chi connectivity index (χ3n) is 5.07. The van der Waals surface area contributed by atoms with Gasteiger partial charge in [0.25, 0.3) is 5.91 Å². The minimum absolute atomic E-state index is 0.0624. The van der Waals surface area contributed by atoms with Crippen LogP contribution in [0.1, 0.15) is 22.6 Å². The van der Waals surface area contributed by atoms with Crippen LogP contribution in [0.5, 0.6) is 0 Å². The van der Waals surface area contributed by atoms with Crippen LogP contribution in [-0.4, -0.2) is 44.6 Å². The summed E-state index contributed by atoms with van der Waals surface area (Å²) in [6, 6.07) is 9.18. The van der Waals surface area contributed by atoms with E-state index in [9.17, 15) is 14.7 Å². The molecule has 146 valence electrons. The van der Waals surface area contributed by atoms with E-state index in [0.717, 1.165) is 10.9 Å². The Kier molecular flexibility index (Phi) is 4.53. The fraction of sp³-hybridized carbons (Fsp3) is 0.238. The molecule has 1 unspecified atom stereocenters. The van der Waals surface area contributed by atoms with Crippen molar-refractivity contribution in [3.05, 3.63) is 47.9 Å². The van der Waals surface area contributed by atoms with Crippen LogP contribution in [0.25, 0.3) is 22.3 Å². The molecule has 1 aromatic carbocycles. The second-order valence-corrected chi connectivity index (χ2v) is 7.00. The number of aliphatic hydroxyl groups excluding tert-OH is 1. The minimum atomic E-state index is -1.07. The smallest absolute Gasteiger partial charge is 0.286 e. The number of carbonyl (C=O) groups excluding carboxylic acids is 2. The van der Waals surface area contributed by atoms with Gasteiger partial charge in [-0.1, -0.05) is 24.0 Å². The summed E-state index contributed by atoms with van der Waals surface area (Å²) in [5, 5.41) is 13.2. The highest BCUT2D eigenvalue weighted by atomic mass is 16.3. The van der Waals surface area contributed by atoms with Crippen molar-refractivity contribution in [1.29, 1.82) is 0 Å². The van der Waals surface area contributed by atoms with Crippen molar-refractivity contribution in [2.24, 2.45) is 18.2 Å². The van der Waals surface area contributed by atoms with Gasteiger partial charge in [0.1, 0.15) is 11.1 Å². The van der Waals surface area contributed by atoms with Gasteiger partial charge in [0.15, 0.2) is 0 Å². The Morgan fingerprint density at radius 3 is 2.90 bits per heavy atom. The molecule has 1 atom stereocenters. The number of hydrogen-bond acceptors (Lipinski definition) is 5. The number of nitrogens with one attached hydrogen (secondary N) is 1. The highest BCUT2D eigenvalue weighted by Gasteiger charge is 2.40. The summed E-state index contributed by atoms with van der Waals surface area (Å²) >= 11 is 0. The average molecular weight is 389 g/mol. The Hall–Kier alpha value is -3.70. The molecule has 4 N–H and O–H groups in total. The SMILES string of the molecule is Cn1ccc2c(-c3cccc(C#CC4(CO)CCNC4=O)c3)nc(C(N)=O)nc21. The first-order valence-electron chi connectivity index (χ1n) is 9.09. The van der Waals surface area contributed by atoms with E-state index in [1.165, 1.54) is 0 Å². The number of amides is 2. The average Bonchev–Trinajstić information content (AvgIpc) is 3.29. The molecule has 0 bridgehead atoms. The topological polar surface area (TPSA) is 123 Å². The van der Waals surface area contributed by atoms with Gasteiger partial charge in [0.2, 0.25) is 11.7 Å². The molecule has 0 saturated carbocycles. The largest absolute Gasteiger partial charge is 0.394 e. The lowest BCUT2D eigenvalue weighted by molar-refractivity contribution is -0.126. The third-order valence-corrected chi connectivity index (χ3v) is 5.07. The molecule has 8 heteroatoms. The van der Waals surface area contributed by atoms with E-state index < -0.39 is 11.3 Å². The number of primary amides is 1. The monoisotopic (exact) mass is 389 g/mol. The molecule has 1 aliphatic heterocycles. The lowest BCUT2D eigenvalue weighted by Gasteiger charge is -2.15. The van der Waals surface area contributed by atoms with Gasteiger partial charge in [0.05, 0.1) is 12.3 Å². The van der Waals surface area contributed by atoms with E-state index in [2.05, 4.69) is 27.1 Å². The van der Waals surface area contributed by atoms with E-state index in [-0.39, 0.29) is 18.3 Å². The Morgan fingerprint density at radius 2 is 2.21 bits per heavy atom. The quantitative estimate of drug-likeness (QED) is 0.566. The third kappa shape index (κ3) is 3.22. The van der Waals surface area contributed by atoms with Gasteiger partial charge in [-0.3, -0.25) is 9.59 Å². The molecule has 2 amide bonds. The molecule has 0 radical (unpaired) electrons. The Labute approximate surface area is 166 Å². The number of carbonyl (C=O) groups is 2. The molecule has 3 aromatic rings. The summed E-state index contributed by atoms with van der Waals surface area (Å²) < 4.78 is 1.79. The summed E-state index contributed by atoms with van der Waals surface area (Å²) in [5.74, 6) is 4.91. The standard InChI is InChI=1S/C21H19N5O3/c1-26-10-6-15-16(24-18(17(22)28)25-19(15)26)14-4-2-3-13(11-14)5-7-21(12-27)8-9-23-20(21)29/h2-4,6,10-11,27H,8-9,12H2,1H3,(H2,22,28)(H,23,29). The molecule has 29 heavy (non-hydrogen) atoms. The maximum Gasteiger partial charge on any atom is 0.286 e. The van der Waals surface area contributed by atoms with Gasteiger partial charge in [-0.25, -0.2) is 9.97 Å². The summed E-state index contributed by atoms with van der Waals surface area (Å²) in [7, 11) is 1.83. The van der Waals surface area contributed by atoms with E-state index in [1.807, 2.05) is 43.6 Å². The van der Waals surface area contributed by atoms with Gasteiger partial charge in [0, 0.05) is 36.3 Å². The molecule has 0 aliphatic carbocycles. The second-order valence-electron chi connectivity index (χ2n) is 7.00. The summed E-state index contributed by atoms with van der Waals surface area (Å²) in [6.45, 7) is 0.168. The zero-order valence-corrected chi connectivity index (χ0v) is 15.8. The number of aromatic nitrogens is 3. The second kappa shape index (κ2) is 7.04. The highest BCUT2D eigenvalue weighted by molar-refractivity contribution is 5.96. The van der Waals surface area contributed by atoms with Crippen LogP contribution in [-0.2, 0) is 11.8 Å². The molecular formula is C21H19N5O3. The van der Waals surface area contributed by atoms with Crippen LogP contribution in [0.15, 0.2) is 36.5 Å².